The summed E-state index contributed by atoms with van der Waals surface area (Å²) in [6.07, 6.45) is 4.83. The van der Waals surface area contributed by atoms with Crippen LogP contribution in [0.1, 0.15) is 19.5 Å². The van der Waals surface area contributed by atoms with Gasteiger partial charge in [0.2, 0.25) is 0 Å². The summed E-state index contributed by atoms with van der Waals surface area (Å²) in [5.74, 6) is 0.530. The van der Waals surface area contributed by atoms with E-state index in [1.165, 1.54) is 23.3 Å². The van der Waals surface area contributed by atoms with Gasteiger partial charge in [-0.25, -0.2) is 18.1 Å². The molecule has 2 aromatic heterocycles. The molecule has 0 aliphatic carbocycles. The molecule has 0 atom stereocenters. The molecule has 0 bridgehead atoms. The largest absolute Gasteiger partial charge is 0.266 e. The van der Waals surface area contributed by atoms with Gasteiger partial charge in [-0.05, 0) is 12.3 Å². The van der Waals surface area contributed by atoms with E-state index < -0.39 is 9.05 Å². The molecule has 20 heavy (non-hydrogen) atoms. The van der Waals surface area contributed by atoms with Crippen LogP contribution >= 0.6 is 22.3 Å². The lowest BCUT2D eigenvalue weighted by atomic mass is 10.1. The minimum Gasteiger partial charge on any atom is -0.259 e. The molecule has 108 valence electrons. The van der Waals surface area contributed by atoms with Crippen LogP contribution in [0.15, 0.2) is 23.5 Å². The molecule has 0 spiro atoms. The molecule has 0 amide bonds. The standard InChI is InChI=1S/C11H12Cl2N4O2S/c1-7(2)5-8-10(20(13,18)19)11(12)17(16-8)9-6-14-3-4-15-9/h3-4,6-7H,5H2,1-2H3. The van der Waals surface area contributed by atoms with Crippen LogP contribution in [0.2, 0.25) is 5.15 Å². The fraction of sp³-hybridized carbons (Fsp3) is 0.364. The van der Waals surface area contributed by atoms with Gasteiger partial charge in [0, 0.05) is 23.1 Å². The summed E-state index contributed by atoms with van der Waals surface area (Å²) in [5.41, 5.74) is 0.325. The van der Waals surface area contributed by atoms with E-state index in [2.05, 4.69) is 15.1 Å². The second kappa shape index (κ2) is 5.67. The van der Waals surface area contributed by atoms with Crippen molar-refractivity contribution in [3.05, 3.63) is 29.4 Å². The average Bonchev–Trinajstić information content (AvgIpc) is 2.66. The molecule has 0 radical (unpaired) electrons. The Morgan fingerprint density at radius 3 is 2.55 bits per heavy atom. The predicted molar refractivity (Wildman–Crippen MR) is 75.7 cm³/mol. The van der Waals surface area contributed by atoms with E-state index >= 15 is 0 Å². The second-order valence-electron chi connectivity index (χ2n) is 4.58. The Bertz CT molecular complexity index is 714. The maximum atomic E-state index is 11.7. The second-order valence-corrected chi connectivity index (χ2v) is 7.44. The Kier molecular flexibility index (Phi) is 4.31. The summed E-state index contributed by atoms with van der Waals surface area (Å²) in [5, 5.41) is 4.12. The maximum absolute atomic E-state index is 11.7. The fourth-order valence-electron chi connectivity index (χ4n) is 1.74. The maximum Gasteiger partial charge on any atom is 0.266 e. The van der Waals surface area contributed by atoms with Gasteiger partial charge in [0.05, 0.1) is 11.9 Å². The van der Waals surface area contributed by atoms with Gasteiger partial charge in [-0.2, -0.15) is 5.10 Å². The molecule has 6 nitrogen and oxygen atoms in total. The van der Waals surface area contributed by atoms with Crippen molar-refractivity contribution < 1.29 is 8.42 Å². The van der Waals surface area contributed by atoms with Crippen LogP contribution in [-0.4, -0.2) is 28.2 Å². The van der Waals surface area contributed by atoms with Crippen LogP contribution in [0, 0.1) is 5.92 Å². The van der Waals surface area contributed by atoms with E-state index in [0.717, 1.165) is 0 Å². The van der Waals surface area contributed by atoms with E-state index in [0.29, 0.717) is 17.9 Å². The molecular weight excluding hydrogens is 323 g/mol. The molecule has 0 saturated carbocycles. The first-order valence-corrected chi connectivity index (χ1v) is 8.48. The van der Waals surface area contributed by atoms with Gasteiger partial charge < -0.3 is 0 Å². The van der Waals surface area contributed by atoms with Gasteiger partial charge in [-0.1, -0.05) is 25.4 Å². The number of hydrogen-bond acceptors (Lipinski definition) is 5. The average molecular weight is 335 g/mol. The lowest BCUT2D eigenvalue weighted by molar-refractivity contribution is 0.600. The molecule has 0 saturated heterocycles. The van der Waals surface area contributed by atoms with Crippen LogP contribution in [-0.2, 0) is 15.5 Å². The Morgan fingerprint density at radius 1 is 1.35 bits per heavy atom. The third kappa shape index (κ3) is 3.11. The van der Waals surface area contributed by atoms with E-state index in [1.807, 2.05) is 13.8 Å². The first-order valence-electron chi connectivity index (χ1n) is 5.79. The molecular formula is C11H12Cl2N4O2S. The van der Waals surface area contributed by atoms with Gasteiger partial charge in [0.1, 0.15) is 4.90 Å². The van der Waals surface area contributed by atoms with Crippen LogP contribution in [0.25, 0.3) is 5.82 Å². The van der Waals surface area contributed by atoms with E-state index in [-0.39, 0.29) is 16.0 Å². The summed E-state index contributed by atoms with van der Waals surface area (Å²) < 4.78 is 24.6. The molecule has 0 N–H and O–H groups in total. The normalized spacial score (nSPS) is 12.1. The van der Waals surface area contributed by atoms with Crippen molar-refractivity contribution in [1.29, 1.82) is 0 Å². The lowest BCUT2D eigenvalue weighted by Gasteiger charge is -2.02. The van der Waals surface area contributed by atoms with Crippen molar-refractivity contribution in [2.45, 2.75) is 25.2 Å². The molecule has 0 unspecified atom stereocenters. The molecule has 0 fully saturated rings. The third-order valence-corrected chi connectivity index (χ3v) is 4.31. The van der Waals surface area contributed by atoms with Crippen LogP contribution in [0.3, 0.4) is 0 Å². The lowest BCUT2D eigenvalue weighted by Crippen LogP contribution is -2.02. The Morgan fingerprint density at radius 2 is 2.05 bits per heavy atom. The number of aromatic nitrogens is 4. The van der Waals surface area contributed by atoms with E-state index in [1.54, 1.807) is 0 Å². The Labute approximate surface area is 126 Å². The van der Waals surface area contributed by atoms with Gasteiger partial charge in [0.25, 0.3) is 9.05 Å². The van der Waals surface area contributed by atoms with Crippen LogP contribution < -0.4 is 0 Å². The highest BCUT2D eigenvalue weighted by Crippen LogP contribution is 2.31. The molecule has 9 heteroatoms. The Balaban J connectivity index is 2.65. The summed E-state index contributed by atoms with van der Waals surface area (Å²) in [6, 6.07) is 0. The number of nitrogens with zero attached hydrogens (tertiary/aromatic N) is 4. The number of hydrogen-bond donors (Lipinski definition) is 0. The number of rotatable bonds is 4. The first-order chi connectivity index (χ1) is 9.30. The van der Waals surface area contributed by atoms with Crippen molar-refractivity contribution in [1.82, 2.24) is 19.7 Å². The quantitative estimate of drug-likeness (QED) is 0.802. The monoisotopic (exact) mass is 334 g/mol. The highest BCUT2D eigenvalue weighted by molar-refractivity contribution is 8.13. The number of halogens is 2. The summed E-state index contributed by atoms with van der Waals surface area (Å²) >= 11 is 6.10. The molecule has 0 aromatic carbocycles. The van der Waals surface area contributed by atoms with Crippen molar-refractivity contribution in [3.63, 3.8) is 0 Å². The van der Waals surface area contributed by atoms with Crippen LogP contribution in [0.5, 0.6) is 0 Å². The SMILES string of the molecule is CC(C)Cc1nn(-c2cnccn2)c(Cl)c1S(=O)(=O)Cl. The fourth-order valence-corrected chi connectivity index (χ4v) is 3.58. The summed E-state index contributed by atoms with van der Waals surface area (Å²) in [4.78, 5) is 7.77. The first kappa shape index (κ1) is 15.2. The predicted octanol–water partition coefficient (Wildman–Crippen LogP) is 2.44. The van der Waals surface area contributed by atoms with Crippen molar-refractivity contribution in [3.8, 4) is 5.82 Å². The highest BCUT2D eigenvalue weighted by atomic mass is 35.7. The topological polar surface area (TPSA) is 77.7 Å². The van der Waals surface area contributed by atoms with Crippen LogP contribution in [0.4, 0.5) is 0 Å². The van der Waals surface area contributed by atoms with Gasteiger partial charge in [0.15, 0.2) is 11.0 Å². The highest BCUT2D eigenvalue weighted by Gasteiger charge is 2.27. The summed E-state index contributed by atoms with van der Waals surface area (Å²) in [6.45, 7) is 3.89. The van der Waals surface area contributed by atoms with Gasteiger partial charge >= 0.3 is 0 Å². The molecule has 2 aromatic rings. The van der Waals surface area contributed by atoms with Gasteiger partial charge in [-0.15, -0.1) is 0 Å². The smallest absolute Gasteiger partial charge is 0.259 e. The zero-order valence-corrected chi connectivity index (χ0v) is 13.1. The third-order valence-electron chi connectivity index (χ3n) is 2.47. The molecule has 2 heterocycles. The molecule has 2 rings (SSSR count). The van der Waals surface area contributed by atoms with E-state index in [4.69, 9.17) is 22.3 Å². The van der Waals surface area contributed by atoms with Crippen molar-refractivity contribution in [2.75, 3.05) is 0 Å². The Hall–Kier alpha value is -1.18. The minimum absolute atomic E-state index is 0.0869. The van der Waals surface area contributed by atoms with Gasteiger partial charge in [-0.3, -0.25) is 4.98 Å². The zero-order chi connectivity index (χ0) is 14.9. The van der Waals surface area contributed by atoms with Crippen molar-refractivity contribution >= 4 is 31.3 Å². The summed E-state index contributed by atoms with van der Waals surface area (Å²) in [7, 11) is 1.46. The molecule has 0 aliphatic rings. The minimum atomic E-state index is -3.99. The zero-order valence-electron chi connectivity index (χ0n) is 10.8. The molecule has 0 aliphatic heterocycles. The van der Waals surface area contributed by atoms with E-state index in [9.17, 15) is 8.42 Å². The van der Waals surface area contributed by atoms with Crippen molar-refractivity contribution in [2.24, 2.45) is 5.92 Å².